The van der Waals surface area contributed by atoms with Crippen LogP contribution in [0.15, 0.2) is 65.6 Å². The van der Waals surface area contributed by atoms with Crippen LogP contribution in [0.25, 0.3) is 10.8 Å². The topological polar surface area (TPSA) is 121 Å². The predicted octanol–water partition coefficient (Wildman–Crippen LogP) is 4.68. The van der Waals surface area contributed by atoms with E-state index >= 15 is 0 Å². The number of anilines is 2. The number of fused-ring (bicyclic) bond motifs is 1. The third-order valence-corrected chi connectivity index (χ3v) is 6.40. The summed E-state index contributed by atoms with van der Waals surface area (Å²) < 4.78 is 0. The van der Waals surface area contributed by atoms with E-state index in [9.17, 15) is 19.5 Å². The minimum absolute atomic E-state index is 0.0759. The van der Waals surface area contributed by atoms with Gasteiger partial charge in [0.1, 0.15) is 5.01 Å². The van der Waals surface area contributed by atoms with Crippen LogP contribution in [0.3, 0.4) is 0 Å². The number of carboxylic acid groups (broad SMARTS) is 1. The molecule has 0 aliphatic heterocycles. The molecular weight excluding hydrogens is 460 g/mol. The maximum absolute atomic E-state index is 12.9. The number of carbonyl (C=O) groups excluding carboxylic acids is 2. The second-order valence-electron chi connectivity index (χ2n) is 6.96. The van der Waals surface area contributed by atoms with Gasteiger partial charge < -0.3 is 10.4 Å². The third kappa shape index (κ3) is 5.36. The average molecular weight is 479 g/mol. The minimum atomic E-state index is -1.09. The molecule has 0 atom stereocenters. The van der Waals surface area contributed by atoms with Gasteiger partial charge in [-0.05, 0) is 48.7 Å². The van der Waals surface area contributed by atoms with E-state index < -0.39 is 11.9 Å². The van der Waals surface area contributed by atoms with E-state index in [1.54, 1.807) is 54.6 Å². The number of nitrogens with zero attached hydrogens (tertiary/aromatic N) is 2. The Bertz CT molecular complexity index is 1350. The normalized spacial score (nSPS) is 10.7. The lowest BCUT2D eigenvalue weighted by Crippen LogP contribution is -2.14. The summed E-state index contributed by atoms with van der Waals surface area (Å²) in [6, 6.07) is 17.1. The third-order valence-electron chi connectivity index (χ3n) is 4.63. The Morgan fingerprint density at radius 1 is 0.939 bits per heavy atom. The quantitative estimate of drug-likeness (QED) is 0.330. The van der Waals surface area contributed by atoms with Crippen molar-refractivity contribution in [2.24, 2.45) is 0 Å². The lowest BCUT2D eigenvalue weighted by Gasteiger charge is -2.11. The molecule has 0 aliphatic rings. The molecule has 3 aromatic carbocycles. The van der Waals surface area contributed by atoms with E-state index in [1.165, 1.54) is 29.2 Å². The molecule has 0 aliphatic carbocycles. The lowest BCUT2D eigenvalue weighted by molar-refractivity contribution is -0.113. The molecule has 0 saturated heterocycles. The molecule has 1 aromatic heterocycles. The molecule has 0 spiro atoms. The van der Waals surface area contributed by atoms with Crippen LogP contribution >= 0.6 is 23.1 Å². The SMILES string of the molecule is Cc1nnc(NC(=O)CSc2ccc(NC(=O)c3cccc4cccc(C(=O)O)c34)cc2)s1. The number of nitrogens with one attached hydrogen (secondary N) is 2. The van der Waals surface area contributed by atoms with Gasteiger partial charge in [0.2, 0.25) is 11.0 Å². The summed E-state index contributed by atoms with van der Waals surface area (Å²) in [4.78, 5) is 37.4. The number of benzene rings is 3. The van der Waals surface area contributed by atoms with Crippen LogP contribution in [-0.4, -0.2) is 38.8 Å². The predicted molar refractivity (Wildman–Crippen MR) is 129 cm³/mol. The zero-order valence-electron chi connectivity index (χ0n) is 17.4. The van der Waals surface area contributed by atoms with E-state index in [2.05, 4.69) is 20.8 Å². The summed E-state index contributed by atoms with van der Waals surface area (Å²) in [6.45, 7) is 1.81. The van der Waals surface area contributed by atoms with E-state index in [0.717, 1.165) is 9.90 Å². The number of aromatic carboxylic acids is 1. The van der Waals surface area contributed by atoms with Gasteiger partial charge in [0.25, 0.3) is 5.91 Å². The molecular formula is C23H18N4O4S2. The molecule has 3 N–H and O–H groups in total. The summed E-state index contributed by atoms with van der Waals surface area (Å²) in [5, 5.41) is 25.1. The number of amides is 2. The molecule has 2 amide bonds. The van der Waals surface area contributed by atoms with Gasteiger partial charge in [-0.2, -0.15) is 0 Å². The minimum Gasteiger partial charge on any atom is -0.478 e. The maximum Gasteiger partial charge on any atom is 0.336 e. The summed E-state index contributed by atoms with van der Waals surface area (Å²) in [5.41, 5.74) is 0.919. The van der Waals surface area contributed by atoms with E-state index in [4.69, 9.17) is 0 Å². The molecule has 0 unspecified atom stereocenters. The van der Waals surface area contributed by atoms with Crippen molar-refractivity contribution in [1.29, 1.82) is 0 Å². The molecule has 33 heavy (non-hydrogen) atoms. The largest absolute Gasteiger partial charge is 0.478 e. The smallest absolute Gasteiger partial charge is 0.336 e. The van der Waals surface area contributed by atoms with Crippen molar-refractivity contribution in [3.8, 4) is 0 Å². The van der Waals surface area contributed by atoms with Crippen molar-refractivity contribution in [2.75, 3.05) is 16.4 Å². The van der Waals surface area contributed by atoms with E-state index in [-0.39, 0.29) is 22.8 Å². The Morgan fingerprint density at radius 3 is 2.27 bits per heavy atom. The van der Waals surface area contributed by atoms with Crippen LogP contribution in [0.1, 0.15) is 25.7 Å². The van der Waals surface area contributed by atoms with E-state index in [1.807, 2.05) is 6.92 Å². The van der Waals surface area contributed by atoms with Crippen molar-refractivity contribution in [3.05, 3.63) is 76.8 Å². The number of aromatic nitrogens is 2. The number of thioether (sulfide) groups is 1. The maximum atomic E-state index is 12.9. The van der Waals surface area contributed by atoms with Crippen LogP contribution < -0.4 is 10.6 Å². The molecule has 4 rings (SSSR count). The molecule has 0 fully saturated rings. The molecule has 8 nitrogen and oxygen atoms in total. The molecule has 1 heterocycles. The first-order valence-corrected chi connectivity index (χ1v) is 11.6. The molecule has 0 bridgehead atoms. The lowest BCUT2D eigenvalue weighted by atomic mass is 9.98. The van der Waals surface area contributed by atoms with Crippen LogP contribution in [0, 0.1) is 6.92 Å². The highest BCUT2D eigenvalue weighted by Gasteiger charge is 2.16. The highest BCUT2D eigenvalue weighted by atomic mass is 32.2. The fourth-order valence-corrected chi connectivity index (χ4v) is 4.50. The number of hydrogen-bond donors (Lipinski definition) is 3. The zero-order chi connectivity index (χ0) is 23.4. The summed E-state index contributed by atoms with van der Waals surface area (Å²) in [7, 11) is 0. The first-order chi connectivity index (χ1) is 15.9. The second-order valence-corrected chi connectivity index (χ2v) is 9.19. The summed E-state index contributed by atoms with van der Waals surface area (Å²) in [6.07, 6.45) is 0. The van der Waals surface area contributed by atoms with Gasteiger partial charge >= 0.3 is 5.97 Å². The molecule has 0 saturated carbocycles. The number of hydrogen-bond acceptors (Lipinski definition) is 7. The Kier molecular flexibility index (Phi) is 6.66. The average Bonchev–Trinajstić information content (AvgIpc) is 3.22. The van der Waals surface area contributed by atoms with Crippen molar-refractivity contribution >= 4 is 62.5 Å². The Hall–Kier alpha value is -3.76. The van der Waals surface area contributed by atoms with E-state index in [0.29, 0.717) is 21.6 Å². The van der Waals surface area contributed by atoms with Gasteiger partial charge in [0.05, 0.1) is 11.3 Å². The fourth-order valence-electron chi connectivity index (χ4n) is 3.19. The molecule has 10 heteroatoms. The summed E-state index contributed by atoms with van der Waals surface area (Å²) >= 11 is 2.66. The van der Waals surface area contributed by atoms with Crippen LogP contribution in [0.5, 0.6) is 0 Å². The number of carbonyl (C=O) groups is 3. The van der Waals surface area contributed by atoms with Gasteiger partial charge in [-0.15, -0.1) is 22.0 Å². The van der Waals surface area contributed by atoms with Gasteiger partial charge in [0.15, 0.2) is 0 Å². The van der Waals surface area contributed by atoms with Gasteiger partial charge in [-0.25, -0.2) is 4.79 Å². The molecule has 166 valence electrons. The standard InChI is InChI=1S/C23H18N4O4S2/c1-13-26-27-23(33-13)25-19(28)12-32-16-10-8-15(9-11-16)24-21(29)17-6-2-4-14-5-3-7-18(20(14)17)22(30)31/h2-11H,12H2,1H3,(H,24,29)(H,30,31)(H,25,27,28). The highest BCUT2D eigenvalue weighted by molar-refractivity contribution is 8.00. The Balaban J connectivity index is 1.41. The van der Waals surface area contributed by atoms with Crippen molar-refractivity contribution in [2.45, 2.75) is 11.8 Å². The Morgan fingerprint density at radius 2 is 1.64 bits per heavy atom. The van der Waals surface area contributed by atoms with Crippen LogP contribution in [0.2, 0.25) is 0 Å². The highest BCUT2D eigenvalue weighted by Crippen LogP contribution is 2.25. The van der Waals surface area contributed by atoms with Crippen molar-refractivity contribution < 1.29 is 19.5 Å². The fraction of sp³-hybridized carbons (Fsp3) is 0.0870. The summed E-state index contributed by atoms with van der Waals surface area (Å²) in [5.74, 6) is -1.47. The van der Waals surface area contributed by atoms with Gasteiger partial charge in [-0.3, -0.25) is 14.9 Å². The number of carboxylic acids is 1. The molecule has 4 aromatic rings. The van der Waals surface area contributed by atoms with Crippen molar-refractivity contribution in [1.82, 2.24) is 10.2 Å². The monoisotopic (exact) mass is 478 g/mol. The van der Waals surface area contributed by atoms with Crippen LogP contribution in [-0.2, 0) is 4.79 Å². The molecule has 0 radical (unpaired) electrons. The van der Waals surface area contributed by atoms with Crippen molar-refractivity contribution in [3.63, 3.8) is 0 Å². The first kappa shape index (κ1) is 22.4. The van der Waals surface area contributed by atoms with Crippen LogP contribution in [0.4, 0.5) is 10.8 Å². The first-order valence-electron chi connectivity index (χ1n) is 9.80. The number of aryl methyl sites for hydroxylation is 1. The Labute approximate surface area is 197 Å². The van der Waals surface area contributed by atoms with Gasteiger partial charge in [-0.1, -0.05) is 35.6 Å². The second kappa shape index (κ2) is 9.80. The number of rotatable bonds is 7. The van der Waals surface area contributed by atoms with Gasteiger partial charge in [0, 0.05) is 21.5 Å². The zero-order valence-corrected chi connectivity index (χ0v) is 19.0.